The Morgan fingerprint density at radius 2 is 1.74 bits per heavy atom. The number of aromatic nitrogens is 3. The lowest BCUT2D eigenvalue weighted by Gasteiger charge is -2.35. The van der Waals surface area contributed by atoms with E-state index in [4.69, 9.17) is 5.73 Å². The second kappa shape index (κ2) is 8.75. The van der Waals surface area contributed by atoms with Crippen molar-refractivity contribution in [2.75, 3.05) is 36.8 Å². The van der Waals surface area contributed by atoms with E-state index in [0.29, 0.717) is 38.9 Å². The van der Waals surface area contributed by atoms with Crippen LogP contribution in [0.4, 0.5) is 33.6 Å². The third kappa shape index (κ3) is 4.73. The highest BCUT2D eigenvalue weighted by Crippen LogP contribution is 2.43. The van der Waals surface area contributed by atoms with Crippen LogP contribution in [-0.4, -0.2) is 51.9 Å². The Morgan fingerprint density at radius 1 is 1.06 bits per heavy atom. The molecule has 184 valence electrons. The number of amides is 1. The molecular formula is C23H21F5N6O. The number of rotatable bonds is 4. The third-order valence-electron chi connectivity index (χ3n) is 5.77. The molecule has 12 heteroatoms. The highest BCUT2D eigenvalue weighted by molar-refractivity contribution is 5.94. The van der Waals surface area contributed by atoms with E-state index < -0.39 is 34.5 Å². The molecule has 2 N–H and O–H groups in total. The predicted molar refractivity (Wildman–Crippen MR) is 121 cm³/mol. The Kier molecular flexibility index (Phi) is 6.07. The average molecular weight is 492 g/mol. The zero-order valence-electron chi connectivity index (χ0n) is 18.6. The van der Waals surface area contributed by atoms with Crippen LogP contribution < -0.4 is 10.6 Å². The van der Waals surface area contributed by atoms with Gasteiger partial charge in [0.2, 0.25) is 5.91 Å². The number of alkyl halides is 5. The normalized spacial score (nSPS) is 14.9. The summed E-state index contributed by atoms with van der Waals surface area (Å²) in [5.41, 5.74) is 2.81. The number of piperazine rings is 1. The average Bonchev–Trinajstić information content (AvgIpc) is 2.81. The van der Waals surface area contributed by atoms with Gasteiger partial charge in [0.05, 0.1) is 16.8 Å². The molecular weight excluding hydrogens is 471 g/mol. The van der Waals surface area contributed by atoms with E-state index >= 15 is 0 Å². The van der Waals surface area contributed by atoms with Crippen molar-refractivity contribution >= 4 is 28.4 Å². The SMILES string of the molecule is C=CC(=O)N1CCN(c2ncnc3cc(-c4nc(N)ccc4C(F)(F)F)c(C(C)(F)F)cc23)CC1. The molecule has 1 fully saturated rings. The third-order valence-corrected chi connectivity index (χ3v) is 5.77. The summed E-state index contributed by atoms with van der Waals surface area (Å²) >= 11 is 0. The van der Waals surface area contributed by atoms with Crippen molar-refractivity contribution in [1.82, 2.24) is 19.9 Å². The minimum Gasteiger partial charge on any atom is -0.384 e. The number of halogens is 5. The summed E-state index contributed by atoms with van der Waals surface area (Å²) in [5, 5.41) is 0.244. The topological polar surface area (TPSA) is 88.2 Å². The van der Waals surface area contributed by atoms with Gasteiger partial charge in [-0.2, -0.15) is 13.2 Å². The van der Waals surface area contributed by atoms with Gasteiger partial charge in [-0.1, -0.05) is 6.58 Å². The number of benzene rings is 1. The maximum Gasteiger partial charge on any atom is 0.418 e. The smallest absolute Gasteiger partial charge is 0.384 e. The van der Waals surface area contributed by atoms with Crippen LogP contribution >= 0.6 is 0 Å². The van der Waals surface area contributed by atoms with Crippen LogP contribution in [-0.2, 0) is 16.9 Å². The van der Waals surface area contributed by atoms with Crippen LogP contribution in [0.5, 0.6) is 0 Å². The molecule has 3 heterocycles. The first-order valence-corrected chi connectivity index (χ1v) is 10.6. The van der Waals surface area contributed by atoms with E-state index in [9.17, 15) is 26.7 Å². The van der Waals surface area contributed by atoms with Crippen LogP contribution in [0.25, 0.3) is 22.2 Å². The van der Waals surface area contributed by atoms with Gasteiger partial charge in [0.15, 0.2) is 0 Å². The Morgan fingerprint density at radius 3 is 2.34 bits per heavy atom. The Balaban J connectivity index is 1.88. The molecule has 0 unspecified atom stereocenters. The van der Waals surface area contributed by atoms with Gasteiger partial charge in [0.1, 0.15) is 18.0 Å². The van der Waals surface area contributed by atoms with Crippen molar-refractivity contribution in [3.05, 3.63) is 54.4 Å². The van der Waals surface area contributed by atoms with E-state index in [1.54, 1.807) is 4.90 Å². The second-order valence-electron chi connectivity index (χ2n) is 8.15. The first-order chi connectivity index (χ1) is 16.4. The number of fused-ring (bicyclic) bond motifs is 1. The molecule has 0 radical (unpaired) electrons. The zero-order valence-corrected chi connectivity index (χ0v) is 18.6. The van der Waals surface area contributed by atoms with Crippen molar-refractivity contribution in [2.45, 2.75) is 19.0 Å². The molecule has 1 saturated heterocycles. The number of hydrogen-bond acceptors (Lipinski definition) is 6. The maximum absolute atomic E-state index is 14.8. The van der Waals surface area contributed by atoms with Gasteiger partial charge in [-0.15, -0.1) is 0 Å². The number of nitrogen functional groups attached to an aromatic ring is 1. The van der Waals surface area contributed by atoms with Crippen molar-refractivity contribution < 1.29 is 26.7 Å². The van der Waals surface area contributed by atoms with Crippen molar-refractivity contribution in [3.63, 3.8) is 0 Å². The Bertz CT molecular complexity index is 1300. The fourth-order valence-corrected chi connectivity index (χ4v) is 4.08. The number of nitrogens with two attached hydrogens (primary N) is 1. The second-order valence-corrected chi connectivity index (χ2v) is 8.15. The van der Waals surface area contributed by atoms with Crippen LogP contribution in [0.1, 0.15) is 18.1 Å². The molecule has 1 aliphatic heterocycles. The van der Waals surface area contributed by atoms with E-state index in [1.165, 1.54) is 12.4 Å². The molecule has 1 amide bonds. The van der Waals surface area contributed by atoms with Gasteiger partial charge in [0, 0.05) is 49.6 Å². The number of anilines is 2. The minimum absolute atomic E-state index is 0.167. The number of nitrogens with zero attached hydrogens (tertiary/aromatic N) is 5. The molecule has 35 heavy (non-hydrogen) atoms. The quantitative estimate of drug-likeness (QED) is 0.433. The van der Waals surface area contributed by atoms with Crippen molar-refractivity contribution in [3.8, 4) is 11.3 Å². The van der Waals surface area contributed by atoms with Crippen LogP contribution in [0.2, 0.25) is 0 Å². The van der Waals surface area contributed by atoms with Crippen LogP contribution in [0.15, 0.2) is 43.2 Å². The van der Waals surface area contributed by atoms with Gasteiger partial charge in [-0.05, 0) is 30.3 Å². The molecule has 0 bridgehead atoms. The summed E-state index contributed by atoms with van der Waals surface area (Å²) in [5.74, 6) is -3.63. The van der Waals surface area contributed by atoms with Gasteiger partial charge in [0.25, 0.3) is 5.92 Å². The molecule has 0 aliphatic carbocycles. The van der Waals surface area contributed by atoms with Crippen LogP contribution in [0.3, 0.4) is 0 Å². The highest BCUT2D eigenvalue weighted by Gasteiger charge is 2.38. The van der Waals surface area contributed by atoms with Crippen molar-refractivity contribution in [1.29, 1.82) is 0 Å². The van der Waals surface area contributed by atoms with Gasteiger partial charge in [-0.25, -0.2) is 23.7 Å². The fraction of sp³-hybridized carbons (Fsp3) is 0.304. The summed E-state index contributed by atoms with van der Waals surface area (Å²) < 4.78 is 70.6. The maximum atomic E-state index is 14.8. The molecule has 7 nitrogen and oxygen atoms in total. The lowest BCUT2D eigenvalue weighted by molar-refractivity contribution is -0.137. The summed E-state index contributed by atoms with van der Waals surface area (Å²) in [4.78, 5) is 27.4. The molecule has 4 rings (SSSR count). The van der Waals surface area contributed by atoms with Gasteiger partial charge >= 0.3 is 6.18 Å². The minimum atomic E-state index is -4.84. The molecule has 1 aliphatic rings. The molecule has 2 aromatic heterocycles. The number of pyridine rings is 1. The zero-order chi connectivity index (χ0) is 25.5. The number of carbonyl (C=O) groups excluding carboxylic acids is 1. The first kappa shape index (κ1) is 24.3. The fourth-order valence-electron chi connectivity index (χ4n) is 4.08. The lowest BCUT2D eigenvalue weighted by Crippen LogP contribution is -2.48. The summed E-state index contributed by atoms with van der Waals surface area (Å²) in [6.07, 6.45) is -2.42. The van der Waals surface area contributed by atoms with E-state index in [2.05, 4.69) is 21.5 Å². The summed E-state index contributed by atoms with van der Waals surface area (Å²) in [6, 6.07) is 3.94. The molecule has 0 spiro atoms. The standard InChI is InChI=1S/C23H21F5N6O/c1-3-19(35)33-6-8-34(9-7-33)21-14-10-16(22(2,24)25)13(11-17(14)30-12-31-21)20-15(23(26,27)28)4-5-18(29)32-20/h3-5,10-12H,1,6-9H2,2H3,(H2,29,32). The lowest BCUT2D eigenvalue weighted by atomic mass is 9.94. The van der Waals surface area contributed by atoms with E-state index in [1.807, 2.05) is 4.90 Å². The summed E-state index contributed by atoms with van der Waals surface area (Å²) in [7, 11) is 0. The van der Waals surface area contributed by atoms with Crippen molar-refractivity contribution in [2.24, 2.45) is 0 Å². The molecule has 3 aromatic rings. The monoisotopic (exact) mass is 492 g/mol. The van der Waals surface area contributed by atoms with E-state index in [0.717, 1.165) is 24.3 Å². The molecule has 0 atom stereocenters. The highest BCUT2D eigenvalue weighted by atomic mass is 19.4. The number of hydrogen-bond donors (Lipinski definition) is 1. The molecule has 1 aromatic carbocycles. The first-order valence-electron chi connectivity index (χ1n) is 10.6. The Hall–Kier alpha value is -3.83. The van der Waals surface area contributed by atoms with Crippen LogP contribution in [0, 0.1) is 0 Å². The molecule has 0 saturated carbocycles. The predicted octanol–water partition coefficient (Wildman–Crippen LogP) is 4.24. The van der Waals surface area contributed by atoms with Gasteiger partial charge < -0.3 is 15.5 Å². The largest absolute Gasteiger partial charge is 0.418 e. The van der Waals surface area contributed by atoms with Gasteiger partial charge in [-0.3, -0.25) is 4.79 Å². The van der Waals surface area contributed by atoms with E-state index in [-0.39, 0.29) is 22.6 Å². The summed E-state index contributed by atoms with van der Waals surface area (Å²) in [6.45, 7) is 5.55. The Labute approximate surface area is 197 Å². The number of carbonyl (C=O) groups is 1.